The largest absolute Gasteiger partial charge is 0.444 e. The molecule has 0 aromatic heterocycles. The predicted octanol–water partition coefficient (Wildman–Crippen LogP) is 4.78. The maximum absolute atomic E-state index is 12.1. The third-order valence-electron chi connectivity index (χ3n) is 1.36. The Morgan fingerprint density at radius 1 is 1.33 bits per heavy atom. The van der Waals surface area contributed by atoms with Crippen molar-refractivity contribution in [2.24, 2.45) is 4.99 Å². The minimum atomic E-state index is -4.63. The topological polar surface area (TPSA) is 12.4 Å². The first-order valence-corrected chi connectivity index (χ1v) is 5.40. The first kappa shape index (κ1) is 13.1. The Hall–Kier alpha value is -0.0100. The number of hydrogen-bond acceptors (Lipinski definition) is 1. The lowest BCUT2D eigenvalue weighted by molar-refractivity contribution is -0.0558. The molecule has 0 saturated carbocycles. The van der Waals surface area contributed by atoms with Gasteiger partial charge in [-0.3, -0.25) is 0 Å². The average Bonchev–Trinajstić information content (AvgIpc) is 2.09. The van der Waals surface area contributed by atoms with E-state index in [2.05, 4.69) is 4.99 Å². The number of nitrogens with zero attached hydrogens (tertiary/aromatic N) is 1. The molecular formula is C8H3Cl2F3IN. The first-order chi connectivity index (χ1) is 6.80. The van der Waals surface area contributed by atoms with Gasteiger partial charge in [-0.1, -0.05) is 23.2 Å². The molecule has 7 heteroatoms. The van der Waals surface area contributed by atoms with Gasteiger partial charge in [-0.15, -0.1) is 0 Å². The minimum Gasteiger partial charge on any atom is -0.231 e. The maximum Gasteiger partial charge on any atom is 0.444 e. The van der Waals surface area contributed by atoms with Crippen LogP contribution >= 0.6 is 45.8 Å². The van der Waals surface area contributed by atoms with Crippen LogP contribution in [0.3, 0.4) is 0 Å². The number of aliphatic imine (C=N–C) groups is 1. The molecule has 0 atom stereocenters. The lowest BCUT2D eigenvalue weighted by atomic mass is 10.3. The van der Waals surface area contributed by atoms with E-state index in [-0.39, 0.29) is 5.69 Å². The Morgan fingerprint density at radius 3 is 2.47 bits per heavy atom. The van der Waals surface area contributed by atoms with Crippen molar-refractivity contribution in [1.82, 2.24) is 0 Å². The van der Waals surface area contributed by atoms with Gasteiger partial charge in [0.2, 0.25) is 5.17 Å². The summed E-state index contributed by atoms with van der Waals surface area (Å²) in [6.07, 6.45) is -4.63. The van der Waals surface area contributed by atoms with Crippen LogP contribution in [0.4, 0.5) is 18.9 Å². The highest BCUT2D eigenvalue weighted by Gasteiger charge is 2.34. The second-order valence-corrected chi connectivity index (χ2v) is 4.45. The third kappa shape index (κ3) is 3.81. The predicted molar refractivity (Wildman–Crippen MR) is 63.2 cm³/mol. The molecule has 0 aliphatic rings. The highest BCUT2D eigenvalue weighted by Crippen LogP contribution is 2.29. The van der Waals surface area contributed by atoms with E-state index in [4.69, 9.17) is 23.2 Å². The van der Waals surface area contributed by atoms with E-state index in [0.717, 1.165) is 0 Å². The van der Waals surface area contributed by atoms with Gasteiger partial charge in [-0.25, -0.2) is 4.99 Å². The fourth-order valence-corrected chi connectivity index (χ4v) is 1.45. The summed E-state index contributed by atoms with van der Waals surface area (Å²) >= 11 is 12.5. The summed E-state index contributed by atoms with van der Waals surface area (Å²) in [5, 5.41) is -1.11. The molecule has 15 heavy (non-hydrogen) atoms. The molecule has 0 saturated heterocycles. The summed E-state index contributed by atoms with van der Waals surface area (Å²) in [5.74, 6) is 0. The van der Waals surface area contributed by atoms with Crippen molar-refractivity contribution in [2.75, 3.05) is 0 Å². The fourth-order valence-electron chi connectivity index (χ4n) is 0.741. The van der Waals surface area contributed by atoms with E-state index in [1.54, 1.807) is 12.1 Å². The molecule has 0 bridgehead atoms. The van der Waals surface area contributed by atoms with Crippen LogP contribution in [0.25, 0.3) is 0 Å². The molecule has 82 valence electrons. The second kappa shape index (κ2) is 4.88. The van der Waals surface area contributed by atoms with Crippen LogP contribution in [-0.4, -0.2) is 11.3 Å². The Balaban J connectivity index is 3.13. The number of halogens is 6. The molecule has 0 aliphatic heterocycles. The number of alkyl halides is 3. The molecule has 0 N–H and O–H groups in total. The molecule has 0 amide bonds. The van der Waals surface area contributed by atoms with Crippen LogP contribution in [0, 0.1) is 3.57 Å². The standard InChI is InChI=1S/C8H3Cl2F3IN/c9-4-1-2-5(14)6(3-4)15-7(10)8(11,12)13/h1-3H. The van der Waals surface area contributed by atoms with Crippen molar-refractivity contribution in [2.45, 2.75) is 6.18 Å². The fraction of sp³-hybridized carbons (Fsp3) is 0.125. The van der Waals surface area contributed by atoms with Gasteiger partial charge in [0.1, 0.15) is 0 Å². The van der Waals surface area contributed by atoms with Crippen LogP contribution in [0.1, 0.15) is 0 Å². The van der Waals surface area contributed by atoms with Gasteiger partial charge in [-0.2, -0.15) is 13.2 Å². The zero-order chi connectivity index (χ0) is 11.6. The zero-order valence-corrected chi connectivity index (χ0v) is 10.6. The maximum atomic E-state index is 12.1. The van der Waals surface area contributed by atoms with Crippen molar-refractivity contribution in [1.29, 1.82) is 0 Å². The molecule has 1 rings (SSSR count). The van der Waals surface area contributed by atoms with Crippen molar-refractivity contribution in [3.05, 3.63) is 26.8 Å². The molecule has 1 aromatic rings. The molecule has 0 spiro atoms. The van der Waals surface area contributed by atoms with E-state index in [9.17, 15) is 13.2 Å². The number of hydrogen-bond donors (Lipinski definition) is 0. The summed E-state index contributed by atoms with van der Waals surface area (Å²) in [4.78, 5) is 3.26. The van der Waals surface area contributed by atoms with Crippen LogP contribution < -0.4 is 0 Å². The van der Waals surface area contributed by atoms with Gasteiger partial charge in [0.25, 0.3) is 0 Å². The molecule has 0 radical (unpaired) electrons. The molecule has 0 fully saturated rings. The van der Waals surface area contributed by atoms with Gasteiger partial charge in [0.15, 0.2) is 0 Å². The highest BCUT2D eigenvalue weighted by atomic mass is 127. The molecule has 0 heterocycles. The summed E-state index contributed by atoms with van der Waals surface area (Å²) in [7, 11) is 0. The summed E-state index contributed by atoms with van der Waals surface area (Å²) in [6.45, 7) is 0. The third-order valence-corrected chi connectivity index (χ3v) is 2.81. The van der Waals surface area contributed by atoms with Gasteiger partial charge >= 0.3 is 6.18 Å². The Labute approximate surface area is 107 Å². The van der Waals surface area contributed by atoms with Gasteiger partial charge < -0.3 is 0 Å². The normalized spacial score (nSPS) is 13.1. The van der Waals surface area contributed by atoms with E-state index < -0.39 is 11.3 Å². The van der Waals surface area contributed by atoms with Crippen molar-refractivity contribution in [3.63, 3.8) is 0 Å². The Morgan fingerprint density at radius 2 is 1.93 bits per heavy atom. The van der Waals surface area contributed by atoms with Crippen LogP contribution in [0.2, 0.25) is 5.02 Å². The minimum absolute atomic E-state index is 0.102. The van der Waals surface area contributed by atoms with Crippen molar-refractivity contribution in [3.8, 4) is 0 Å². The van der Waals surface area contributed by atoms with Gasteiger partial charge in [-0.05, 0) is 40.8 Å². The van der Waals surface area contributed by atoms with E-state index >= 15 is 0 Å². The van der Waals surface area contributed by atoms with E-state index in [1.807, 2.05) is 22.6 Å². The van der Waals surface area contributed by atoms with Crippen LogP contribution in [0.15, 0.2) is 23.2 Å². The monoisotopic (exact) mass is 367 g/mol. The van der Waals surface area contributed by atoms with Gasteiger partial charge in [0.05, 0.1) is 5.69 Å². The van der Waals surface area contributed by atoms with Crippen molar-refractivity contribution < 1.29 is 13.2 Å². The van der Waals surface area contributed by atoms with Crippen LogP contribution in [0.5, 0.6) is 0 Å². The molecule has 1 nitrogen and oxygen atoms in total. The molecule has 1 aromatic carbocycles. The second-order valence-electron chi connectivity index (χ2n) is 2.50. The Kier molecular flexibility index (Phi) is 4.25. The summed E-state index contributed by atoms with van der Waals surface area (Å²) < 4.78 is 36.7. The SMILES string of the molecule is FC(F)(F)C(Cl)=Nc1cc(Cl)ccc1I. The summed E-state index contributed by atoms with van der Waals surface area (Å²) in [6, 6.07) is 4.43. The molecular weight excluding hydrogens is 365 g/mol. The smallest absolute Gasteiger partial charge is 0.231 e. The lowest BCUT2D eigenvalue weighted by Crippen LogP contribution is -2.16. The Bertz CT molecular complexity index is 403. The number of rotatable bonds is 1. The van der Waals surface area contributed by atoms with Gasteiger partial charge in [0, 0.05) is 8.59 Å². The summed E-state index contributed by atoms with van der Waals surface area (Å²) in [5.41, 5.74) is 0.102. The van der Waals surface area contributed by atoms with Crippen molar-refractivity contribution >= 4 is 56.7 Å². The molecule has 0 unspecified atom stereocenters. The quantitative estimate of drug-likeness (QED) is 0.500. The average molecular weight is 368 g/mol. The lowest BCUT2D eigenvalue weighted by Gasteiger charge is -2.04. The van der Waals surface area contributed by atoms with E-state index in [0.29, 0.717) is 8.59 Å². The van der Waals surface area contributed by atoms with Crippen LogP contribution in [-0.2, 0) is 0 Å². The van der Waals surface area contributed by atoms with E-state index in [1.165, 1.54) is 6.07 Å². The zero-order valence-electron chi connectivity index (χ0n) is 6.95. The molecule has 0 aliphatic carbocycles. The highest BCUT2D eigenvalue weighted by molar-refractivity contribution is 14.1. The first-order valence-electron chi connectivity index (χ1n) is 3.57. The number of benzene rings is 1.